The number of nitrogens with zero attached hydrogens (tertiary/aromatic N) is 4. The van der Waals surface area contributed by atoms with E-state index in [0.717, 1.165) is 50.6 Å². The number of hydrogen-bond donors (Lipinski definition) is 1. The van der Waals surface area contributed by atoms with Crippen LogP contribution in [0.25, 0.3) is 10.9 Å². The third kappa shape index (κ3) is 2.94. The lowest BCUT2D eigenvalue weighted by molar-refractivity contribution is 0.0398. The van der Waals surface area contributed by atoms with Crippen LogP contribution in [0.1, 0.15) is 0 Å². The van der Waals surface area contributed by atoms with Crippen LogP contribution in [0.4, 0.5) is 11.6 Å². The summed E-state index contributed by atoms with van der Waals surface area (Å²) in [6.45, 7) is 5.37. The zero-order valence-electron chi connectivity index (χ0n) is 11.2. The fraction of sp³-hybridized carbons (Fsp3) is 0.462. The molecule has 20 heavy (non-hydrogen) atoms. The lowest BCUT2D eigenvalue weighted by Gasteiger charge is -2.26. The van der Waals surface area contributed by atoms with Crippen molar-refractivity contribution in [1.29, 1.82) is 0 Å². The second-order valence-electron chi connectivity index (χ2n) is 4.69. The van der Waals surface area contributed by atoms with E-state index in [9.17, 15) is 0 Å². The van der Waals surface area contributed by atoms with Gasteiger partial charge < -0.3 is 10.1 Å². The molecule has 3 heterocycles. The zero-order chi connectivity index (χ0) is 13.8. The van der Waals surface area contributed by atoms with Crippen molar-refractivity contribution in [2.75, 3.05) is 44.7 Å². The van der Waals surface area contributed by atoms with Crippen molar-refractivity contribution < 1.29 is 4.74 Å². The average Bonchev–Trinajstić information content (AvgIpc) is 2.49. The number of aromatic nitrogens is 3. The number of pyridine rings is 1. The van der Waals surface area contributed by atoms with Gasteiger partial charge in [-0.05, 0) is 6.07 Å². The maximum absolute atomic E-state index is 7.77. The van der Waals surface area contributed by atoms with Gasteiger partial charge in [0.25, 0.3) is 0 Å². The molecule has 2 N–H and O–H groups in total. The SMILES string of the molecule is [NH]c1ncnc2cnc(NCCN3CCOCC3)cc12. The van der Waals surface area contributed by atoms with Crippen LogP contribution in [0, 0.1) is 0 Å². The molecule has 0 bridgehead atoms. The van der Waals surface area contributed by atoms with Gasteiger partial charge in [-0.1, -0.05) is 0 Å². The molecular weight excluding hydrogens is 256 g/mol. The summed E-state index contributed by atoms with van der Waals surface area (Å²) in [5, 5.41) is 4.00. The highest BCUT2D eigenvalue weighted by atomic mass is 16.5. The van der Waals surface area contributed by atoms with Crippen LogP contribution in [-0.2, 0) is 4.74 Å². The van der Waals surface area contributed by atoms with Crippen LogP contribution in [0.2, 0.25) is 0 Å². The Kier molecular flexibility index (Phi) is 3.89. The number of fused-ring (bicyclic) bond motifs is 1. The molecule has 2 aromatic rings. The molecule has 0 aromatic carbocycles. The number of morpholine rings is 1. The third-order valence-corrected chi connectivity index (χ3v) is 3.36. The minimum absolute atomic E-state index is 0.230. The summed E-state index contributed by atoms with van der Waals surface area (Å²) in [5.74, 6) is 0.989. The van der Waals surface area contributed by atoms with Crippen LogP contribution in [0.15, 0.2) is 18.6 Å². The smallest absolute Gasteiger partial charge is 0.155 e. The maximum Gasteiger partial charge on any atom is 0.155 e. The Morgan fingerprint density at radius 2 is 2.10 bits per heavy atom. The molecule has 0 unspecified atom stereocenters. The van der Waals surface area contributed by atoms with E-state index in [2.05, 4.69) is 25.2 Å². The summed E-state index contributed by atoms with van der Waals surface area (Å²) in [4.78, 5) is 14.6. The molecule has 1 radical (unpaired) electrons. The van der Waals surface area contributed by atoms with E-state index in [-0.39, 0.29) is 5.82 Å². The minimum atomic E-state index is 0.230. The van der Waals surface area contributed by atoms with Gasteiger partial charge in [-0.2, -0.15) is 0 Å². The Hall–Kier alpha value is -1.99. The van der Waals surface area contributed by atoms with E-state index in [0.29, 0.717) is 5.52 Å². The van der Waals surface area contributed by atoms with Crippen LogP contribution < -0.4 is 11.1 Å². The van der Waals surface area contributed by atoms with Crippen LogP contribution in [0.5, 0.6) is 0 Å². The largest absolute Gasteiger partial charge is 0.379 e. The van der Waals surface area contributed by atoms with E-state index < -0.39 is 0 Å². The van der Waals surface area contributed by atoms with Crippen molar-refractivity contribution in [3.63, 3.8) is 0 Å². The van der Waals surface area contributed by atoms with Gasteiger partial charge in [0, 0.05) is 31.6 Å². The van der Waals surface area contributed by atoms with Crippen LogP contribution >= 0.6 is 0 Å². The number of hydrogen-bond acceptors (Lipinski definition) is 6. The first-order valence-corrected chi connectivity index (χ1v) is 6.69. The summed E-state index contributed by atoms with van der Waals surface area (Å²) in [7, 11) is 0. The number of anilines is 1. The lowest BCUT2D eigenvalue weighted by atomic mass is 10.3. The van der Waals surface area contributed by atoms with Crippen molar-refractivity contribution in [3.8, 4) is 0 Å². The van der Waals surface area contributed by atoms with Crippen molar-refractivity contribution >= 4 is 22.5 Å². The van der Waals surface area contributed by atoms with E-state index in [4.69, 9.17) is 10.5 Å². The predicted octanol–water partition coefficient (Wildman–Crippen LogP) is 0.683. The number of nitrogens with one attached hydrogen (secondary N) is 2. The number of rotatable bonds is 4. The first-order valence-electron chi connectivity index (χ1n) is 6.69. The Morgan fingerprint density at radius 3 is 2.95 bits per heavy atom. The highest BCUT2D eigenvalue weighted by molar-refractivity contribution is 5.87. The monoisotopic (exact) mass is 273 g/mol. The summed E-state index contributed by atoms with van der Waals surface area (Å²) in [6, 6.07) is 1.83. The van der Waals surface area contributed by atoms with Crippen molar-refractivity contribution in [2.45, 2.75) is 0 Å². The van der Waals surface area contributed by atoms with Gasteiger partial charge in [0.1, 0.15) is 12.1 Å². The fourth-order valence-electron chi connectivity index (χ4n) is 2.22. The van der Waals surface area contributed by atoms with Gasteiger partial charge in [-0.3, -0.25) is 10.6 Å². The summed E-state index contributed by atoms with van der Waals surface area (Å²) in [5.41, 5.74) is 8.47. The third-order valence-electron chi connectivity index (χ3n) is 3.36. The first kappa shape index (κ1) is 13.0. The van der Waals surface area contributed by atoms with Crippen LogP contribution in [-0.4, -0.2) is 59.2 Å². The van der Waals surface area contributed by atoms with Gasteiger partial charge in [-0.15, -0.1) is 0 Å². The molecule has 0 aliphatic carbocycles. The summed E-state index contributed by atoms with van der Waals surface area (Å²) in [6.07, 6.45) is 3.06. The standard InChI is InChI=1S/C13H17N6O/c14-13-10-7-12(16-8-11(10)17-9-18-13)15-1-2-19-3-5-20-6-4-19/h7-9,14H,1-6H2,(H,15,16). The van der Waals surface area contributed by atoms with Crippen molar-refractivity contribution in [1.82, 2.24) is 25.6 Å². The zero-order valence-corrected chi connectivity index (χ0v) is 11.2. The molecule has 2 aromatic heterocycles. The molecule has 1 fully saturated rings. The van der Waals surface area contributed by atoms with Gasteiger partial charge in [0.2, 0.25) is 0 Å². The highest BCUT2D eigenvalue weighted by Crippen LogP contribution is 2.19. The maximum atomic E-state index is 7.77. The minimum Gasteiger partial charge on any atom is -0.379 e. The van der Waals surface area contributed by atoms with Crippen molar-refractivity contribution in [3.05, 3.63) is 18.6 Å². The van der Waals surface area contributed by atoms with Gasteiger partial charge in [-0.25, -0.2) is 15.0 Å². The molecule has 0 atom stereocenters. The quantitative estimate of drug-likeness (QED) is 0.881. The fourth-order valence-corrected chi connectivity index (χ4v) is 2.22. The van der Waals surface area contributed by atoms with E-state index >= 15 is 0 Å². The molecule has 0 spiro atoms. The van der Waals surface area contributed by atoms with Crippen molar-refractivity contribution in [2.24, 2.45) is 0 Å². The van der Waals surface area contributed by atoms with Crippen LogP contribution in [0.3, 0.4) is 0 Å². The Balaban J connectivity index is 1.61. The first-order chi connectivity index (χ1) is 9.83. The topological polar surface area (TPSA) is 87.0 Å². The molecule has 7 nitrogen and oxygen atoms in total. The van der Waals surface area contributed by atoms with Gasteiger partial charge >= 0.3 is 0 Å². The Bertz CT molecular complexity index is 584. The molecule has 105 valence electrons. The second kappa shape index (κ2) is 5.98. The predicted molar refractivity (Wildman–Crippen MR) is 75.8 cm³/mol. The summed E-state index contributed by atoms with van der Waals surface area (Å²) >= 11 is 0. The summed E-state index contributed by atoms with van der Waals surface area (Å²) < 4.78 is 5.32. The Morgan fingerprint density at radius 1 is 1.25 bits per heavy atom. The molecule has 7 heteroatoms. The average molecular weight is 273 g/mol. The lowest BCUT2D eigenvalue weighted by Crippen LogP contribution is -2.39. The molecule has 0 amide bonds. The number of ether oxygens (including phenoxy) is 1. The molecule has 1 aliphatic rings. The molecule has 0 saturated carbocycles. The van der Waals surface area contributed by atoms with E-state index in [1.165, 1.54) is 6.33 Å². The second-order valence-corrected chi connectivity index (χ2v) is 4.69. The molecule has 1 aliphatic heterocycles. The van der Waals surface area contributed by atoms with E-state index in [1.54, 1.807) is 6.20 Å². The van der Waals surface area contributed by atoms with Gasteiger partial charge in [0.05, 0.1) is 24.9 Å². The molecule has 1 saturated heterocycles. The normalized spacial score (nSPS) is 16.4. The molecule has 3 rings (SSSR count). The Labute approximate surface area is 117 Å². The van der Waals surface area contributed by atoms with E-state index in [1.807, 2.05) is 6.07 Å². The molecular formula is C13H17N6O. The highest BCUT2D eigenvalue weighted by Gasteiger charge is 2.09. The van der Waals surface area contributed by atoms with Gasteiger partial charge in [0.15, 0.2) is 5.82 Å².